The van der Waals surface area contributed by atoms with Crippen molar-refractivity contribution in [3.63, 3.8) is 0 Å². The minimum Gasteiger partial charge on any atom is -0.507 e. The summed E-state index contributed by atoms with van der Waals surface area (Å²) in [5.41, 5.74) is 1.89. The number of hydrogen-bond acceptors (Lipinski definition) is 6. The third-order valence-electron chi connectivity index (χ3n) is 5.79. The smallest absolute Gasteiger partial charge is 0.300 e. The third kappa shape index (κ3) is 3.22. The molecule has 1 fully saturated rings. The van der Waals surface area contributed by atoms with E-state index >= 15 is 0 Å². The van der Waals surface area contributed by atoms with Crippen LogP contribution < -0.4 is 14.4 Å². The van der Waals surface area contributed by atoms with Gasteiger partial charge in [-0.15, -0.1) is 0 Å². The second kappa shape index (κ2) is 7.92. The van der Waals surface area contributed by atoms with Crippen LogP contribution in [-0.4, -0.2) is 30.5 Å². The Bertz CT molecular complexity index is 1210. The van der Waals surface area contributed by atoms with Crippen molar-refractivity contribution in [2.75, 3.05) is 18.6 Å². The first kappa shape index (κ1) is 19.9. The number of amides is 1. The van der Waals surface area contributed by atoms with Crippen LogP contribution in [0, 0.1) is 0 Å². The molecule has 1 N–H and O–H groups in total. The number of Topliss-reactive ketones (excluding diaryl/α,β-unsaturated/α-hetero) is 1. The second-order valence-electron chi connectivity index (χ2n) is 7.66. The van der Waals surface area contributed by atoms with Crippen molar-refractivity contribution in [1.82, 2.24) is 0 Å². The van der Waals surface area contributed by atoms with Crippen molar-refractivity contribution in [2.24, 2.45) is 0 Å². The number of hydrogen-bond donors (Lipinski definition) is 1. The number of nitrogens with zero attached hydrogens (tertiary/aromatic N) is 1. The zero-order valence-corrected chi connectivity index (χ0v) is 17.4. The summed E-state index contributed by atoms with van der Waals surface area (Å²) in [6, 6.07) is 14.5. The normalized spacial score (nSPS) is 19.5. The summed E-state index contributed by atoms with van der Waals surface area (Å²) < 4.78 is 16.4. The number of furan rings is 1. The molecule has 1 atom stereocenters. The molecule has 7 heteroatoms. The SMILES string of the molecule is COc1ccc(N2C(=O)C(=O)/C(=C(\O)c3ccc4c(c3)CCCO4)C2c2ccco2)cc1. The highest BCUT2D eigenvalue weighted by Crippen LogP contribution is 2.43. The Morgan fingerprint density at radius 1 is 1.12 bits per heavy atom. The monoisotopic (exact) mass is 431 g/mol. The van der Waals surface area contributed by atoms with Crippen LogP contribution in [0.25, 0.3) is 5.76 Å². The fraction of sp³-hybridized carbons (Fsp3) is 0.200. The lowest BCUT2D eigenvalue weighted by Gasteiger charge is -2.23. The number of carbonyl (C=O) groups excluding carboxylic acids is 2. The molecule has 5 rings (SSSR count). The molecule has 1 unspecified atom stereocenters. The van der Waals surface area contributed by atoms with Crippen LogP contribution >= 0.6 is 0 Å². The van der Waals surface area contributed by atoms with Gasteiger partial charge >= 0.3 is 0 Å². The van der Waals surface area contributed by atoms with Gasteiger partial charge in [-0.1, -0.05) is 0 Å². The van der Waals surface area contributed by atoms with Crippen molar-refractivity contribution in [1.29, 1.82) is 0 Å². The van der Waals surface area contributed by atoms with Gasteiger partial charge in [-0.25, -0.2) is 0 Å². The summed E-state index contributed by atoms with van der Waals surface area (Å²) in [6.07, 6.45) is 3.17. The lowest BCUT2D eigenvalue weighted by Crippen LogP contribution is -2.29. The molecular weight excluding hydrogens is 410 g/mol. The van der Waals surface area contributed by atoms with Gasteiger partial charge in [-0.3, -0.25) is 14.5 Å². The average Bonchev–Trinajstić information content (AvgIpc) is 3.45. The molecule has 3 heterocycles. The van der Waals surface area contributed by atoms with Gasteiger partial charge < -0.3 is 19.0 Å². The maximum absolute atomic E-state index is 13.1. The third-order valence-corrected chi connectivity index (χ3v) is 5.79. The molecule has 0 bridgehead atoms. The highest BCUT2D eigenvalue weighted by Gasteiger charge is 2.48. The molecule has 1 saturated heterocycles. The van der Waals surface area contributed by atoms with E-state index in [9.17, 15) is 14.7 Å². The van der Waals surface area contributed by atoms with Crippen LogP contribution in [-0.2, 0) is 16.0 Å². The summed E-state index contributed by atoms with van der Waals surface area (Å²) in [4.78, 5) is 27.5. The van der Waals surface area contributed by atoms with Gasteiger partial charge in [0, 0.05) is 11.3 Å². The van der Waals surface area contributed by atoms with Gasteiger partial charge in [0.2, 0.25) is 0 Å². The van der Waals surface area contributed by atoms with Crippen molar-refractivity contribution in [3.8, 4) is 11.5 Å². The van der Waals surface area contributed by atoms with Crippen LogP contribution in [0.1, 0.15) is 29.3 Å². The molecule has 32 heavy (non-hydrogen) atoms. The van der Waals surface area contributed by atoms with E-state index in [1.807, 2.05) is 6.07 Å². The van der Waals surface area contributed by atoms with Crippen LogP contribution in [0.15, 0.2) is 70.9 Å². The molecule has 162 valence electrons. The number of carbonyl (C=O) groups is 2. The zero-order valence-electron chi connectivity index (χ0n) is 17.4. The number of aliphatic hydroxyl groups excluding tert-OH is 1. The molecule has 3 aromatic rings. The number of fused-ring (bicyclic) bond motifs is 1. The number of anilines is 1. The lowest BCUT2D eigenvalue weighted by molar-refractivity contribution is -0.132. The van der Waals surface area contributed by atoms with Gasteiger partial charge in [0.1, 0.15) is 29.1 Å². The summed E-state index contributed by atoms with van der Waals surface area (Å²) in [6.45, 7) is 0.657. The number of aryl methyl sites for hydroxylation is 1. The number of rotatable bonds is 4. The van der Waals surface area contributed by atoms with Crippen LogP contribution in [0.4, 0.5) is 5.69 Å². The topological polar surface area (TPSA) is 89.2 Å². The number of ketones is 1. The molecule has 2 aromatic carbocycles. The van der Waals surface area contributed by atoms with E-state index in [0.29, 0.717) is 29.4 Å². The first-order valence-corrected chi connectivity index (χ1v) is 10.3. The van der Waals surface area contributed by atoms with E-state index in [1.54, 1.807) is 55.6 Å². The van der Waals surface area contributed by atoms with Gasteiger partial charge in [-0.05, 0) is 73.0 Å². The molecule has 0 radical (unpaired) electrons. The molecule has 7 nitrogen and oxygen atoms in total. The molecule has 0 saturated carbocycles. The predicted molar refractivity (Wildman–Crippen MR) is 117 cm³/mol. The molecule has 0 aliphatic carbocycles. The minimum absolute atomic E-state index is 0.0163. The maximum atomic E-state index is 13.1. The number of ether oxygens (including phenoxy) is 2. The standard InChI is InChI=1S/C25H21NO6/c1-30-18-9-7-17(8-10-18)26-22(20-5-3-13-32-20)21(24(28)25(26)29)23(27)16-6-11-19-15(14-16)4-2-12-31-19/h3,5-11,13-14,22,27H,2,4,12H2,1H3/b23-21-. The van der Waals surface area contributed by atoms with E-state index in [-0.39, 0.29) is 11.3 Å². The van der Waals surface area contributed by atoms with Crippen LogP contribution in [0.2, 0.25) is 0 Å². The quantitative estimate of drug-likeness (QED) is 0.378. The number of aliphatic hydroxyl groups is 1. The van der Waals surface area contributed by atoms with E-state index < -0.39 is 17.7 Å². The predicted octanol–water partition coefficient (Wildman–Crippen LogP) is 4.24. The van der Waals surface area contributed by atoms with Crippen molar-refractivity contribution < 1.29 is 28.6 Å². The van der Waals surface area contributed by atoms with Crippen LogP contribution in [0.5, 0.6) is 11.5 Å². The molecule has 1 aromatic heterocycles. The van der Waals surface area contributed by atoms with Crippen LogP contribution in [0.3, 0.4) is 0 Å². The highest BCUT2D eigenvalue weighted by atomic mass is 16.5. The Kier molecular flexibility index (Phi) is 4.93. The zero-order chi connectivity index (χ0) is 22.2. The first-order valence-electron chi connectivity index (χ1n) is 10.3. The van der Waals surface area contributed by atoms with Crippen molar-refractivity contribution in [2.45, 2.75) is 18.9 Å². The van der Waals surface area contributed by atoms with E-state index in [4.69, 9.17) is 13.9 Å². The van der Waals surface area contributed by atoms with E-state index in [2.05, 4.69) is 0 Å². The summed E-state index contributed by atoms with van der Waals surface area (Å²) in [5, 5.41) is 11.2. The molecule has 2 aliphatic rings. The number of benzene rings is 2. The van der Waals surface area contributed by atoms with Gasteiger partial charge in [0.15, 0.2) is 0 Å². The largest absolute Gasteiger partial charge is 0.507 e. The Morgan fingerprint density at radius 2 is 1.94 bits per heavy atom. The summed E-state index contributed by atoms with van der Waals surface area (Å²) in [7, 11) is 1.55. The minimum atomic E-state index is -0.898. The van der Waals surface area contributed by atoms with Gasteiger partial charge in [0.05, 0.1) is 25.6 Å². The van der Waals surface area contributed by atoms with Gasteiger partial charge in [0.25, 0.3) is 11.7 Å². The Balaban J connectivity index is 1.65. The Labute approximate surface area is 184 Å². The summed E-state index contributed by atoms with van der Waals surface area (Å²) >= 11 is 0. The fourth-order valence-corrected chi connectivity index (χ4v) is 4.22. The van der Waals surface area contributed by atoms with Gasteiger partial charge in [-0.2, -0.15) is 0 Å². The maximum Gasteiger partial charge on any atom is 0.300 e. The van der Waals surface area contributed by atoms with E-state index in [0.717, 1.165) is 24.2 Å². The molecular formula is C25H21NO6. The molecule has 1 amide bonds. The van der Waals surface area contributed by atoms with Crippen molar-refractivity contribution in [3.05, 3.63) is 83.3 Å². The van der Waals surface area contributed by atoms with E-state index in [1.165, 1.54) is 11.2 Å². The first-order chi connectivity index (χ1) is 15.6. The van der Waals surface area contributed by atoms with Crippen molar-refractivity contribution >= 4 is 23.1 Å². The highest BCUT2D eigenvalue weighted by molar-refractivity contribution is 6.51. The fourth-order valence-electron chi connectivity index (χ4n) is 4.22. The lowest BCUT2D eigenvalue weighted by atomic mass is 9.96. The average molecular weight is 431 g/mol. The molecule has 2 aliphatic heterocycles. The summed E-state index contributed by atoms with van der Waals surface area (Å²) in [5.74, 6) is 0.0235. The molecule has 0 spiro atoms. The Hall–Kier alpha value is -4.00. The number of methoxy groups -OCH3 is 1. The Morgan fingerprint density at radius 3 is 2.66 bits per heavy atom. The second-order valence-corrected chi connectivity index (χ2v) is 7.66.